The lowest BCUT2D eigenvalue weighted by atomic mass is 10.1. The molecule has 0 fully saturated rings. The monoisotopic (exact) mass is 237 g/mol. The third-order valence-electron chi connectivity index (χ3n) is 2.30. The topological polar surface area (TPSA) is 114 Å². The Kier molecular flexibility index (Phi) is 2.84. The van der Waals surface area contributed by atoms with Gasteiger partial charge < -0.3 is 20.9 Å². The van der Waals surface area contributed by atoms with Gasteiger partial charge in [0, 0.05) is 12.2 Å². The van der Waals surface area contributed by atoms with Crippen LogP contribution in [0.25, 0.3) is 6.08 Å². The SMILES string of the molecule is NCC(N)=Cc1cc2c(cc1[N+](=O)[O-])OCO2. The van der Waals surface area contributed by atoms with E-state index in [2.05, 4.69) is 0 Å². The molecule has 0 aromatic heterocycles. The van der Waals surface area contributed by atoms with Gasteiger partial charge in [0.15, 0.2) is 11.5 Å². The molecule has 1 aliphatic rings. The van der Waals surface area contributed by atoms with Gasteiger partial charge in [-0.3, -0.25) is 10.1 Å². The lowest BCUT2D eigenvalue weighted by molar-refractivity contribution is -0.385. The van der Waals surface area contributed by atoms with E-state index in [-0.39, 0.29) is 19.0 Å². The highest BCUT2D eigenvalue weighted by Crippen LogP contribution is 2.38. The smallest absolute Gasteiger partial charge is 0.280 e. The largest absolute Gasteiger partial charge is 0.454 e. The molecule has 0 saturated heterocycles. The summed E-state index contributed by atoms with van der Waals surface area (Å²) in [7, 11) is 0. The fourth-order valence-corrected chi connectivity index (χ4v) is 1.48. The van der Waals surface area contributed by atoms with Crippen LogP contribution in [-0.4, -0.2) is 18.3 Å². The minimum atomic E-state index is -0.502. The molecular formula is C10H11N3O4. The van der Waals surface area contributed by atoms with Gasteiger partial charge in [0.05, 0.1) is 16.6 Å². The molecule has 0 atom stereocenters. The predicted molar refractivity (Wildman–Crippen MR) is 60.4 cm³/mol. The average molecular weight is 237 g/mol. The zero-order valence-electron chi connectivity index (χ0n) is 8.88. The number of benzene rings is 1. The van der Waals surface area contributed by atoms with Crippen molar-refractivity contribution in [3.8, 4) is 11.5 Å². The lowest BCUT2D eigenvalue weighted by Gasteiger charge is -2.02. The number of rotatable bonds is 3. The molecule has 1 heterocycles. The molecular weight excluding hydrogens is 226 g/mol. The van der Waals surface area contributed by atoms with E-state index in [0.717, 1.165) is 0 Å². The van der Waals surface area contributed by atoms with Gasteiger partial charge in [0.25, 0.3) is 5.69 Å². The van der Waals surface area contributed by atoms with Crippen molar-refractivity contribution in [3.63, 3.8) is 0 Å². The normalized spacial score (nSPS) is 13.8. The Balaban J connectivity index is 2.52. The molecule has 17 heavy (non-hydrogen) atoms. The van der Waals surface area contributed by atoms with Crippen LogP contribution in [0.2, 0.25) is 0 Å². The Hall–Kier alpha value is -2.28. The van der Waals surface area contributed by atoms with Crippen molar-refractivity contribution in [2.45, 2.75) is 0 Å². The third-order valence-corrected chi connectivity index (χ3v) is 2.30. The van der Waals surface area contributed by atoms with Gasteiger partial charge >= 0.3 is 0 Å². The van der Waals surface area contributed by atoms with Crippen LogP contribution in [0.15, 0.2) is 17.8 Å². The molecule has 2 rings (SSSR count). The molecule has 7 heteroatoms. The summed E-state index contributed by atoms with van der Waals surface area (Å²) in [6, 6.07) is 2.83. The van der Waals surface area contributed by atoms with Crippen molar-refractivity contribution >= 4 is 11.8 Å². The second-order valence-corrected chi connectivity index (χ2v) is 3.44. The molecule has 0 radical (unpaired) electrons. The predicted octanol–water partition coefficient (Wildman–Crippen LogP) is 0.582. The Bertz CT molecular complexity index is 499. The number of ether oxygens (including phenoxy) is 2. The summed E-state index contributed by atoms with van der Waals surface area (Å²) in [5.74, 6) is 0.826. The third kappa shape index (κ3) is 2.13. The molecule has 90 valence electrons. The summed E-state index contributed by atoms with van der Waals surface area (Å²) in [5, 5.41) is 10.9. The minimum Gasteiger partial charge on any atom is -0.454 e. The second-order valence-electron chi connectivity index (χ2n) is 3.44. The first-order valence-electron chi connectivity index (χ1n) is 4.86. The number of nitro benzene ring substituents is 1. The van der Waals surface area contributed by atoms with Crippen LogP contribution < -0.4 is 20.9 Å². The Morgan fingerprint density at radius 2 is 2.12 bits per heavy atom. The van der Waals surface area contributed by atoms with Crippen LogP contribution in [-0.2, 0) is 0 Å². The zero-order valence-corrected chi connectivity index (χ0v) is 8.88. The summed E-state index contributed by atoms with van der Waals surface area (Å²) >= 11 is 0. The van der Waals surface area contributed by atoms with E-state index in [1.54, 1.807) is 0 Å². The van der Waals surface area contributed by atoms with Crippen LogP contribution in [0.3, 0.4) is 0 Å². The summed E-state index contributed by atoms with van der Waals surface area (Å²) < 4.78 is 10.2. The Morgan fingerprint density at radius 3 is 2.71 bits per heavy atom. The first kappa shape index (κ1) is 11.2. The summed E-state index contributed by atoms with van der Waals surface area (Å²) in [6.45, 7) is 0.192. The van der Waals surface area contributed by atoms with Gasteiger partial charge in [0.1, 0.15) is 0 Å². The van der Waals surface area contributed by atoms with Gasteiger partial charge in [-0.05, 0) is 12.1 Å². The van der Waals surface area contributed by atoms with Gasteiger partial charge in [-0.15, -0.1) is 0 Å². The van der Waals surface area contributed by atoms with Crippen LogP contribution in [0.1, 0.15) is 5.56 Å². The molecule has 0 saturated carbocycles. The maximum atomic E-state index is 10.9. The fourth-order valence-electron chi connectivity index (χ4n) is 1.48. The van der Waals surface area contributed by atoms with Crippen LogP contribution >= 0.6 is 0 Å². The van der Waals surface area contributed by atoms with E-state index in [0.29, 0.717) is 22.8 Å². The second kappa shape index (κ2) is 4.30. The Morgan fingerprint density at radius 1 is 1.47 bits per heavy atom. The summed E-state index contributed by atoms with van der Waals surface area (Å²) in [4.78, 5) is 10.4. The average Bonchev–Trinajstić information content (AvgIpc) is 2.74. The number of nitrogens with two attached hydrogens (primary N) is 2. The number of nitrogens with zero attached hydrogens (tertiary/aromatic N) is 1. The van der Waals surface area contributed by atoms with E-state index in [9.17, 15) is 10.1 Å². The standard InChI is InChI=1S/C10H11N3O4/c11-4-7(12)1-6-2-9-10(17-5-16-9)3-8(6)13(14)15/h1-3H,4-5,11-12H2. The highest BCUT2D eigenvalue weighted by atomic mass is 16.7. The van der Waals surface area contributed by atoms with Crippen molar-refractivity contribution < 1.29 is 14.4 Å². The van der Waals surface area contributed by atoms with Gasteiger partial charge in [-0.1, -0.05) is 0 Å². The van der Waals surface area contributed by atoms with Crippen LogP contribution in [0, 0.1) is 10.1 Å². The summed E-state index contributed by atoms with van der Waals surface area (Å²) in [5.41, 5.74) is 11.5. The molecule has 4 N–H and O–H groups in total. The van der Waals surface area contributed by atoms with E-state index < -0.39 is 4.92 Å². The fraction of sp³-hybridized carbons (Fsp3) is 0.200. The van der Waals surface area contributed by atoms with Crippen LogP contribution in [0.4, 0.5) is 5.69 Å². The molecule has 1 aromatic carbocycles. The van der Waals surface area contributed by atoms with Crippen molar-refractivity contribution in [2.24, 2.45) is 11.5 Å². The lowest BCUT2D eigenvalue weighted by Crippen LogP contribution is -2.10. The minimum absolute atomic E-state index is 0.0615. The van der Waals surface area contributed by atoms with E-state index in [1.165, 1.54) is 18.2 Å². The van der Waals surface area contributed by atoms with Crippen LogP contribution in [0.5, 0.6) is 11.5 Å². The molecule has 0 bridgehead atoms. The summed E-state index contributed by atoms with van der Waals surface area (Å²) in [6.07, 6.45) is 1.46. The number of hydrogen-bond acceptors (Lipinski definition) is 6. The number of nitro groups is 1. The molecule has 0 spiro atoms. The van der Waals surface area contributed by atoms with Crippen molar-refractivity contribution in [1.29, 1.82) is 0 Å². The molecule has 1 aromatic rings. The molecule has 0 amide bonds. The first-order chi connectivity index (χ1) is 8.11. The number of fused-ring (bicyclic) bond motifs is 1. The number of hydrogen-bond donors (Lipinski definition) is 2. The van der Waals surface area contributed by atoms with Crippen molar-refractivity contribution in [3.05, 3.63) is 33.5 Å². The maximum Gasteiger partial charge on any atom is 0.280 e. The zero-order chi connectivity index (χ0) is 12.4. The first-order valence-corrected chi connectivity index (χ1v) is 4.86. The molecule has 0 aliphatic carbocycles. The van der Waals surface area contributed by atoms with E-state index in [4.69, 9.17) is 20.9 Å². The highest BCUT2D eigenvalue weighted by molar-refractivity contribution is 5.68. The maximum absolute atomic E-state index is 10.9. The van der Waals surface area contributed by atoms with E-state index in [1.807, 2.05) is 0 Å². The van der Waals surface area contributed by atoms with Gasteiger partial charge in [-0.2, -0.15) is 0 Å². The molecule has 7 nitrogen and oxygen atoms in total. The van der Waals surface area contributed by atoms with Gasteiger partial charge in [-0.25, -0.2) is 0 Å². The molecule has 0 unspecified atom stereocenters. The van der Waals surface area contributed by atoms with E-state index >= 15 is 0 Å². The van der Waals surface area contributed by atoms with Crippen molar-refractivity contribution in [1.82, 2.24) is 0 Å². The van der Waals surface area contributed by atoms with Gasteiger partial charge in [0.2, 0.25) is 6.79 Å². The highest BCUT2D eigenvalue weighted by Gasteiger charge is 2.22. The van der Waals surface area contributed by atoms with Crippen molar-refractivity contribution in [2.75, 3.05) is 13.3 Å². The Labute approximate surface area is 96.8 Å². The quantitative estimate of drug-likeness (QED) is 0.587. The molecule has 1 aliphatic heterocycles.